The van der Waals surface area contributed by atoms with Gasteiger partial charge in [0.15, 0.2) is 0 Å². The van der Waals surface area contributed by atoms with Crippen LogP contribution in [-0.4, -0.2) is 29.8 Å². The summed E-state index contributed by atoms with van der Waals surface area (Å²) < 4.78 is 5.42. The van der Waals surface area contributed by atoms with Gasteiger partial charge in [0.25, 0.3) is 5.91 Å². The number of rotatable bonds is 3. The number of anilines is 1. The minimum atomic E-state index is -0.0531. The van der Waals surface area contributed by atoms with Gasteiger partial charge in [0.1, 0.15) is 16.5 Å². The Morgan fingerprint density at radius 3 is 2.81 bits per heavy atom. The standard InChI is InChI=1S/C20H18N2O2S2/c1-13-11-25-18-10-6-4-8-16(18)22(13)20(23)15-12-26-19(21-15)14-7-3-5-9-17(14)24-2/h3-10,12-13H,11H2,1-2H3. The minimum Gasteiger partial charge on any atom is -0.496 e. The van der Waals surface area contributed by atoms with Crippen molar-refractivity contribution in [3.05, 3.63) is 59.6 Å². The molecule has 1 atom stereocenters. The Bertz CT molecular complexity index is 954. The summed E-state index contributed by atoms with van der Waals surface area (Å²) in [6.07, 6.45) is 0. The van der Waals surface area contributed by atoms with E-state index in [0.29, 0.717) is 5.69 Å². The first-order valence-electron chi connectivity index (χ1n) is 8.33. The molecule has 0 saturated carbocycles. The highest BCUT2D eigenvalue weighted by molar-refractivity contribution is 7.99. The number of thioether (sulfide) groups is 1. The van der Waals surface area contributed by atoms with E-state index in [1.807, 2.05) is 52.7 Å². The Morgan fingerprint density at radius 1 is 1.19 bits per heavy atom. The van der Waals surface area contributed by atoms with E-state index < -0.39 is 0 Å². The highest BCUT2D eigenvalue weighted by Crippen LogP contribution is 2.38. The molecular formula is C20H18N2O2S2. The van der Waals surface area contributed by atoms with Crippen molar-refractivity contribution in [2.75, 3.05) is 17.8 Å². The molecule has 1 amide bonds. The molecule has 1 aliphatic heterocycles. The second-order valence-electron chi connectivity index (χ2n) is 6.04. The molecule has 0 bridgehead atoms. The average Bonchev–Trinajstić information content (AvgIpc) is 3.17. The maximum absolute atomic E-state index is 13.2. The number of benzene rings is 2. The summed E-state index contributed by atoms with van der Waals surface area (Å²) in [5, 5.41) is 2.62. The lowest BCUT2D eigenvalue weighted by Gasteiger charge is -2.34. The van der Waals surface area contributed by atoms with Crippen molar-refractivity contribution in [1.82, 2.24) is 4.98 Å². The molecular weight excluding hydrogens is 364 g/mol. The molecule has 6 heteroatoms. The van der Waals surface area contributed by atoms with E-state index in [4.69, 9.17) is 4.74 Å². The molecule has 0 saturated heterocycles. The largest absolute Gasteiger partial charge is 0.496 e. The second-order valence-corrected chi connectivity index (χ2v) is 7.96. The minimum absolute atomic E-state index is 0.0531. The van der Waals surface area contributed by atoms with Crippen LogP contribution < -0.4 is 9.64 Å². The number of carbonyl (C=O) groups is 1. The van der Waals surface area contributed by atoms with Crippen molar-refractivity contribution >= 4 is 34.7 Å². The molecule has 4 nitrogen and oxygen atoms in total. The van der Waals surface area contributed by atoms with Crippen molar-refractivity contribution in [3.63, 3.8) is 0 Å². The van der Waals surface area contributed by atoms with Crippen LogP contribution in [0.2, 0.25) is 0 Å². The van der Waals surface area contributed by atoms with E-state index in [0.717, 1.165) is 32.7 Å². The van der Waals surface area contributed by atoms with Gasteiger partial charge >= 0.3 is 0 Å². The van der Waals surface area contributed by atoms with Crippen molar-refractivity contribution in [2.24, 2.45) is 0 Å². The quantitative estimate of drug-likeness (QED) is 0.642. The molecule has 1 aliphatic rings. The van der Waals surface area contributed by atoms with Crippen LogP contribution in [0.25, 0.3) is 10.6 Å². The molecule has 1 aromatic heterocycles. The average molecular weight is 383 g/mol. The lowest BCUT2D eigenvalue weighted by Crippen LogP contribution is -2.42. The summed E-state index contributed by atoms with van der Waals surface area (Å²) in [6.45, 7) is 2.08. The number of fused-ring (bicyclic) bond motifs is 1. The maximum atomic E-state index is 13.2. The van der Waals surface area contributed by atoms with Crippen LogP contribution in [0.5, 0.6) is 5.75 Å². The highest BCUT2D eigenvalue weighted by Gasteiger charge is 2.30. The Hall–Kier alpha value is -2.31. The van der Waals surface area contributed by atoms with E-state index in [1.54, 1.807) is 18.9 Å². The number of hydrogen-bond donors (Lipinski definition) is 0. The molecule has 3 aromatic rings. The summed E-state index contributed by atoms with van der Waals surface area (Å²) in [5.74, 6) is 1.59. The predicted molar refractivity (Wildman–Crippen MR) is 108 cm³/mol. The lowest BCUT2D eigenvalue weighted by molar-refractivity contribution is 0.0975. The Balaban J connectivity index is 1.69. The first-order valence-corrected chi connectivity index (χ1v) is 10.2. The fourth-order valence-corrected chi connectivity index (χ4v) is 4.93. The van der Waals surface area contributed by atoms with Crippen molar-refractivity contribution in [1.29, 1.82) is 0 Å². The van der Waals surface area contributed by atoms with Gasteiger partial charge in [-0.2, -0.15) is 0 Å². The predicted octanol–water partition coefficient (Wildman–Crippen LogP) is 4.96. The summed E-state index contributed by atoms with van der Waals surface area (Å²) in [4.78, 5) is 20.8. The third-order valence-electron chi connectivity index (χ3n) is 4.33. The van der Waals surface area contributed by atoms with Crippen LogP contribution in [-0.2, 0) is 0 Å². The van der Waals surface area contributed by atoms with Gasteiger partial charge < -0.3 is 9.64 Å². The molecule has 0 N–H and O–H groups in total. The molecule has 1 unspecified atom stereocenters. The molecule has 132 valence electrons. The van der Waals surface area contributed by atoms with Gasteiger partial charge in [-0.3, -0.25) is 4.79 Å². The van der Waals surface area contributed by atoms with E-state index in [9.17, 15) is 4.79 Å². The van der Waals surface area contributed by atoms with Gasteiger partial charge in [-0.05, 0) is 31.2 Å². The fraction of sp³-hybridized carbons (Fsp3) is 0.200. The first kappa shape index (κ1) is 17.1. The molecule has 2 heterocycles. The first-order chi connectivity index (χ1) is 12.7. The summed E-state index contributed by atoms with van der Waals surface area (Å²) in [7, 11) is 1.64. The van der Waals surface area contributed by atoms with Crippen molar-refractivity contribution < 1.29 is 9.53 Å². The van der Waals surface area contributed by atoms with Gasteiger partial charge in [-0.25, -0.2) is 4.98 Å². The van der Waals surface area contributed by atoms with Crippen LogP contribution in [0.3, 0.4) is 0 Å². The zero-order valence-electron chi connectivity index (χ0n) is 14.5. The van der Waals surface area contributed by atoms with Crippen LogP contribution >= 0.6 is 23.1 Å². The monoisotopic (exact) mass is 382 g/mol. The third kappa shape index (κ3) is 2.99. The Morgan fingerprint density at radius 2 is 1.96 bits per heavy atom. The molecule has 0 spiro atoms. The van der Waals surface area contributed by atoms with Crippen LogP contribution in [0, 0.1) is 0 Å². The van der Waals surface area contributed by atoms with Crippen LogP contribution in [0.1, 0.15) is 17.4 Å². The van der Waals surface area contributed by atoms with E-state index >= 15 is 0 Å². The van der Waals surface area contributed by atoms with Crippen molar-refractivity contribution in [3.8, 4) is 16.3 Å². The summed E-state index contributed by atoms with van der Waals surface area (Å²) in [6, 6.07) is 15.9. The van der Waals surface area contributed by atoms with Crippen LogP contribution in [0.15, 0.2) is 58.8 Å². The lowest BCUT2D eigenvalue weighted by atomic mass is 10.2. The smallest absolute Gasteiger partial charge is 0.278 e. The number of ether oxygens (including phenoxy) is 1. The molecule has 0 radical (unpaired) electrons. The van der Waals surface area contributed by atoms with Gasteiger partial charge in [-0.1, -0.05) is 24.3 Å². The third-order valence-corrected chi connectivity index (χ3v) is 6.51. The zero-order valence-corrected chi connectivity index (χ0v) is 16.1. The molecule has 26 heavy (non-hydrogen) atoms. The molecule has 0 fully saturated rings. The van der Waals surface area contributed by atoms with Gasteiger partial charge in [-0.15, -0.1) is 23.1 Å². The van der Waals surface area contributed by atoms with E-state index in [-0.39, 0.29) is 11.9 Å². The van der Waals surface area contributed by atoms with Gasteiger partial charge in [0.05, 0.1) is 18.4 Å². The number of methoxy groups -OCH3 is 1. The number of para-hydroxylation sites is 2. The number of aromatic nitrogens is 1. The maximum Gasteiger partial charge on any atom is 0.278 e. The fourth-order valence-electron chi connectivity index (χ4n) is 3.05. The summed E-state index contributed by atoms with van der Waals surface area (Å²) >= 11 is 3.26. The summed E-state index contributed by atoms with van der Waals surface area (Å²) in [5.41, 5.74) is 2.35. The zero-order chi connectivity index (χ0) is 18.1. The second kappa shape index (κ2) is 7.13. The number of nitrogens with zero attached hydrogens (tertiary/aromatic N) is 2. The van der Waals surface area contributed by atoms with E-state index in [2.05, 4.69) is 18.0 Å². The number of carbonyl (C=O) groups excluding carboxylic acids is 1. The molecule has 2 aromatic carbocycles. The number of thiazole rings is 1. The number of hydrogen-bond acceptors (Lipinski definition) is 5. The van der Waals surface area contributed by atoms with Crippen molar-refractivity contribution in [2.45, 2.75) is 17.9 Å². The number of amides is 1. The molecule has 4 rings (SSSR count). The molecule has 0 aliphatic carbocycles. The normalized spacial score (nSPS) is 16.2. The Kier molecular flexibility index (Phi) is 4.70. The highest BCUT2D eigenvalue weighted by atomic mass is 32.2. The Labute approximate surface area is 160 Å². The van der Waals surface area contributed by atoms with Gasteiger partial charge in [0.2, 0.25) is 0 Å². The van der Waals surface area contributed by atoms with Gasteiger partial charge in [0, 0.05) is 22.1 Å². The van der Waals surface area contributed by atoms with E-state index in [1.165, 1.54) is 11.3 Å². The topological polar surface area (TPSA) is 42.4 Å². The SMILES string of the molecule is COc1ccccc1-c1nc(C(=O)N2c3ccccc3SCC2C)cs1. The van der Waals surface area contributed by atoms with Crippen LogP contribution in [0.4, 0.5) is 5.69 Å².